The summed E-state index contributed by atoms with van der Waals surface area (Å²) in [6.07, 6.45) is 1.58. The highest BCUT2D eigenvalue weighted by Crippen LogP contribution is 2.31. The fourth-order valence-electron chi connectivity index (χ4n) is 2.03. The van der Waals surface area contributed by atoms with Gasteiger partial charge in [0.2, 0.25) is 0 Å². The molecule has 1 N–H and O–H groups in total. The van der Waals surface area contributed by atoms with Crippen LogP contribution in [0.4, 0.5) is 0 Å². The second-order valence-electron chi connectivity index (χ2n) is 5.03. The lowest BCUT2D eigenvalue weighted by Gasteiger charge is -2.21. The zero-order valence-electron chi connectivity index (χ0n) is 11.6. The monoisotopic (exact) mass is 276 g/mol. The molecule has 19 heavy (non-hydrogen) atoms. The molecular weight excluding hydrogens is 256 g/mol. The van der Waals surface area contributed by atoms with Crippen LogP contribution in [0.2, 0.25) is 0 Å². The maximum Gasteiger partial charge on any atom is 0.118 e. The van der Waals surface area contributed by atoms with E-state index in [0.29, 0.717) is 0 Å². The zero-order valence-corrected chi connectivity index (χ0v) is 12.5. The topological polar surface area (TPSA) is 29.5 Å². The minimum absolute atomic E-state index is 0.722. The van der Waals surface area contributed by atoms with Gasteiger partial charge in [0, 0.05) is 9.75 Å². The molecule has 0 amide bonds. The van der Waals surface area contributed by atoms with E-state index in [9.17, 15) is 5.11 Å². The van der Waals surface area contributed by atoms with Crippen molar-refractivity contribution in [2.45, 2.75) is 32.3 Å². The second kappa shape index (κ2) is 5.76. The minimum Gasteiger partial charge on any atom is -0.497 e. The predicted molar refractivity (Wildman–Crippen MR) is 79.9 cm³/mol. The van der Waals surface area contributed by atoms with Crippen molar-refractivity contribution in [1.29, 1.82) is 0 Å². The van der Waals surface area contributed by atoms with Crippen LogP contribution in [0.15, 0.2) is 36.4 Å². The molecule has 0 saturated carbocycles. The fraction of sp³-hybridized carbons (Fsp3) is 0.375. The summed E-state index contributed by atoms with van der Waals surface area (Å²) in [5, 5.41) is 10.5. The lowest BCUT2D eigenvalue weighted by Crippen LogP contribution is -2.20. The molecule has 2 nitrogen and oxygen atoms in total. The maximum atomic E-state index is 10.5. The lowest BCUT2D eigenvalue weighted by molar-refractivity contribution is 0.0518. The third-order valence-corrected chi connectivity index (χ3v) is 4.58. The number of benzene rings is 1. The van der Waals surface area contributed by atoms with Crippen LogP contribution in [-0.2, 0) is 12.0 Å². The summed E-state index contributed by atoms with van der Waals surface area (Å²) in [7, 11) is 1.67. The molecule has 1 heterocycles. The largest absolute Gasteiger partial charge is 0.497 e. The van der Waals surface area contributed by atoms with Crippen LogP contribution in [0.1, 0.15) is 28.7 Å². The molecule has 2 rings (SSSR count). The average molecular weight is 276 g/mol. The van der Waals surface area contributed by atoms with Crippen molar-refractivity contribution in [1.82, 2.24) is 0 Å². The average Bonchev–Trinajstić information content (AvgIpc) is 2.85. The first-order chi connectivity index (χ1) is 9.01. The quantitative estimate of drug-likeness (QED) is 0.897. The van der Waals surface area contributed by atoms with Gasteiger partial charge in [-0.2, -0.15) is 0 Å². The number of aliphatic hydroxyl groups is 1. The van der Waals surface area contributed by atoms with Crippen LogP contribution in [0.25, 0.3) is 0 Å². The molecule has 2 aromatic rings. The van der Waals surface area contributed by atoms with E-state index in [0.717, 1.165) is 23.5 Å². The van der Waals surface area contributed by atoms with Crippen molar-refractivity contribution in [3.8, 4) is 5.75 Å². The Labute approximate surface area is 118 Å². The standard InChI is InChI=1S/C16H20O2S/c1-12-4-9-15(19-12)16(2,17)11-10-13-5-7-14(18-3)8-6-13/h4-9,17H,10-11H2,1-3H3. The molecule has 0 aliphatic heterocycles. The Morgan fingerprint density at radius 2 is 1.84 bits per heavy atom. The van der Waals surface area contributed by atoms with Gasteiger partial charge in [-0.3, -0.25) is 0 Å². The number of thiophene rings is 1. The predicted octanol–water partition coefficient (Wildman–Crippen LogP) is 3.91. The highest BCUT2D eigenvalue weighted by atomic mass is 32.1. The summed E-state index contributed by atoms with van der Waals surface area (Å²) in [5.74, 6) is 0.865. The van der Waals surface area contributed by atoms with Crippen LogP contribution >= 0.6 is 11.3 Å². The molecule has 1 aromatic carbocycles. The number of hydrogen-bond donors (Lipinski definition) is 1. The highest BCUT2D eigenvalue weighted by Gasteiger charge is 2.24. The normalized spacial score (nSPS) is 14.1. The summed E-state index contributed by atoms with van der Waals surface area (Å²) in [6.45, 7) is 3.95. The highest BCUT2D eigenvalue weighted by molar-refractivity contribution is 7.12. The van der Waals surface area contributed by atoms with E-state index >= 15 is 0 Å². The van der Waals surface area contributed by atoms with Crippen molar-refractivity contribution >= 4 is 11.3 Å². The molecule has 3 heteroatoms. The number of hydrogen-bond acceptors (Lipinski definition) is 3. The van der Waals surface area contributed by atoms with Gasteiger partial charge in [0.25, 0.3) is 0 Å². The van der Waals surface area contributed by atoms with Crippen molar-refractivity contribution in [2.24, 2.45) is 0 Å². The van der Waals surface area contributed by atoms with Crippen LogP contribution in [0.5, 0.6) is 5.75 Å². The third-order valence-electron chi connectivity index (χ3n) is 3.33. The van der Waals surface area contributed by atoms with E-state index in [-0.39, 0.29) is 0 Å². The summed E-state index contributed by atoms with van der Waals surface area (Å²) in [4.78, 5) is 2.28. The van der Waals surface area contributed by atoms with Gasteiger partial charge in [-0.05, 0) is 56.5 Å². The van der Waals surface area contributed by atoms with Gasteiger partial charge in [-0.15, -0.1) is 11.3 Å². The Morgan fingerprint density at radius 3 is 2.37 bits per heavy atom. The van der Waals surface area contributed by atoms with Gasteiger partial charge >= 0.3 is 0 Å². The second-order valence-corrected chi connectivity index (χ2v) is 6.32. The van der Waals surface area contributed by atoms with Crippen molar-refractivity contribution < 1.29 is 9.84 Å². The number of ether oxygens (including phenoxy) is 1. The van der Waals surface area contributed by atoms with Crippen molar-refractivity contribution in [3.05, 3.63) is 51.7 Å². The summed E-state index contributed by atoms with van der Waals surface area (Å²) >= 11 is 1.67. The zero-order chi connectivity index (χ0) is 13.9. The molecule has 0 bridgehead atoms. The van der Waals surface area contributed by atoms with Crippen molar-refractivity contribution in [3.63, 3.8) is 0 Å². The Balaban J connectivity index is 2.00. The Morgan fingerprint density at radius 1 is 1.16 bits per heavy atom. The van der Waals surface area contributed by atoms with Gasteiger partial charge in [0.15, 0.2) is 0 Å². The number of rotatable bonds is 5. The van der Waals surface area contributed by atoms with E-state index in [1.807, 2.05) is 25.1 Å². The molecule has 0 spiro atoms. The first kappa shape index (κ1) is 14.1. The molecule has 1 atom stereocenters. The smallest absolute Gasteiger partial charge is 0.118 e. The first-order valence-electron chi connectivity index (χ1n) is 6.43. The van der Waals surface area contributed by atoms with E-state index in [4.69, 9.17) is 4.74 Å². The van der Waals surface area contributed by atoms with Gasteiger partial charge in [0.1, 0.15) is 5.75 Å². The first-order valence-corrected chi connectivity index (χ1v) is 7.25. The third kappa shape index (κ3) is 3.58. The molecule has 0 saturated heterocycles. The van der Waals surface area contributed by atoms with E-state index in [1.165, 1.54) is 10.4 Å². The molecular formula is C16H20O2S. The summed E-state index contributed by atoms with van der Waals surface area (Å²) in [6, 6.07) is 12.1. The SMILES string of the molecule is COc1ccc(CCC(C)(O)c2ccc(C)s2)cc1. The molecule has 0 aliphatic carbocycles. The fourth-order valence-corrected chi connectivity index (χ4v) is 2.97. The Hall–Kier alpha value is -1.32. The van der Waals surface area contributed by atoms with Crippen LogP contribution in [0.3, 0.4) is 0 Å². The maximum absolute atomic E-state index is 10.5. The summed E-state index contributed by atoms with van der Waals surface area (Å²) < 4.78 is 5.14. The van der Waals surface area contributed by atoms with Gasteiger partial charge in [0.05, 0.1) is 12.7 Å². The molecule has 102 valence electrons. The summed E-state index contributed by atoms with van der Waals surface area (Å²) in [5.41, 5.74) is 0.466. The van der Waals surface area contributed by atoms with Gasteiger partial charge < -0.3 is 9.84 Å². The van der Waals surface area contributed by atoms with Crippen molar-refractivity contribution in [2.75, 3.05) is 7.11 Å². The van der Waals surface area contributed by atoms with Crippen LogP contribution in [-0.4, -0.2) is 12.2 Å². The number of aryl methyl sites for hydroxylation is 2. The molecule has 0 radical (unpaired) electrons. The van der Waals surface area contributed by atoms with Gasteiger partial charge in [-0.1, -0.05) is 12.1 Å². The number of methoxy groups -OCH3 is 1. The van der Waals surface area contributed by atoms with Crippen LogP contribution < -0.4 is 4.74 Å². The Kier molecular flexibility index (Phi) is 4.27. The van der Waals surface area contributed by atoms with E-state index in [2.05, 4.69) is 25.1 Å². The Bertz CT molecular complexity index is 526. The molecule has 1 unspecified atom stereocenters. The minimum atomic E-state index is -0.751. The van der Waals surface area contributed by atoms with Crippen LogP contribution in [0, 0.1) is 6.92 Å². The van der Waals surface area contributed by atoms with E-state index in [1.54, 1.807) is 18.4 Å². The van der Waals surface area contributed by atoms with Gasteiger partial charge in [-0.25, -0.2) is 0 Å². The lowest BCUT2D eigenvalue weighted by atomic mass is 9.95. The molecule has 0 fully saturated rings. The molecule has 0 aliphatic rings. The van der Waals surface area contributed by atoms with E-state index < -0.39 is 5.60 Å². The molecule has 1 aromatic heterocycles.